The number of hydrogen-bond donors (Lipinski definition) is 0. The van der Waals surface area contributed by atoms with E-state index in [9.17, 15) is 4.39 Å². The molecule has 112 valence electrons. The van der Waals surface area contributed by atoms with Crippen molar-refractivity contribution in [1.29, 1.82) is 5.26 Å². The SMILES string of the molecule is C[C@H]1CN(Cc2ccc(C#N)cc2F)C[C@@]2(CCOC2)O1. The molecule has 0 amide bonds. The fraction of sp³-hybridized carbons (Fsp3) is 0.562. The van der Waals surface area contributed by atoms with Gasteiger partial charge in [0.15, 0.2) is 0 Å². The summed E-state index contributed by atoms with van der Waals surface area (Å²) in [5.41, 5.74) is 0.741. The second-order valence-corrected chi connectivity index (χ2v) is 6.00. The molecule has 2 fully saturated rings. The number of morpholine rings is 1. The molecule has 0 aliphatic carbocycles. The quantitative estimate of drug-likeness (QED) is 0.836. The van der Waals surface area contributed by atoms with Crippen LogP contribution in [0.15, 0.2) is 18.2 Å². The Kier molecular flexibility index (Phi) is 3.94. The van der Waals surface area contributed by atoms with Gasteiger partial charge in [0.1, 0.15) is 11.4 Å². The summed E-state index contributed by atoms with van der Waals surface area (Å²) in [7, 11) is 0. The number of halogens is 1. The molecule has 0 bridgehead atoms. The van der Waals surface area contributed by atoms with Gasteiger partial charge in [0.05, 0.1) is 24.3 Å². The van der Waals surface area contributed by atoms with Gasteiger partial charge in [-0.2, -0.15) is 5.26 Å². The van der Waals surface area contributed by atoms with Crippen molar-refractivity contribution in [2.24, 2.45) is 0 Å². The van der Waals surface area contributed by atoms with Crippen molar-refractivity contribution in [3.05, 3.63) is 35.1 Å². The first-order chi connectivity index (χ1) is 10.1. The summed E-state index contributed by atoms with van der Waals surface area (Å²) in [6.07, 6.45) is 1.01. The number of nitrogens with zero attached hydrogens (tertiary/aromatic N) is 2. The average Bonchev–Trinajstić information content (AvgIpc) is 2.87. The van der Waals surface area contributed by atoms with E-state index in [1.807, 2.05) is 13.0 Å². The molecule has 2 aliphatic rings. The van der Waals surface area contributed by atoms with Crippen molar-refractivity contribution >= 4 is 0 Å². The van der Waals surface area contributed by atoms with Crippen LogP contribution in [0, 0.1) is 17.1 Å². The minimum absolute atomic E-state index is 0.113. The molecule has 0 unspecified atom stereocenters. The fourth-order valence-corrected chi connectivity index (χ4v) is 3.25. The van der Waals surface area contributed by atoms with E-state index in [1.165, 1.54) is 6.07 Å². The molecule has 1 aromatic carbocycles. The van der Waals surface area contributed by atoms with Crippen LogP contribution in [0.2, 0.25) is 0 Å². The van der Waals surface area contributed by atoms with Crippen LogP contribution in [0.1, 0.15) is 24.5 Å². The first-order valence-corrected chi connectivity index (χ1v) is 7.27. The molecule has 1 aromatic rings. The van der Waals surface area contributed by atoms with E-state index >= 15 is 0 Å². The Balaban J connectivity index is 1.73. The minimum Gasteiger partial charge on any atom is -0.378 e. The summed E-state index contributed by atoms with van der Waals surface area (Å²) in [6.45, 7) is 5.46. The van der Waals surface area contributed by atoms with E-state index in [-0.39, 0.29) is 17.5 Å². The fourth-order valence-electron chi connectivity index (χ4n) is 3.25. The van der Waals surface area contributed by atoms with Gasteiger partial charge < -0.3 is 9.47 Å². The number of ether oxygens (including phenoxy) is 2. The number of hydrogen-bond acceptors (Lipinski definition) is 4. The Morgan fingerprint density at radius 2 is 2.38 bits per heavy atom. The van der Waals surface area contributed by atoms with Gasteiger partial charge in [-0.05, 0) is 19.1 Å². The Bertz CT molecular complexity index is 564. The predicted octanol–water partition coefficient (Wildman–Crippen LogP) is 2.08. The van der Waals surface area contributed by atoms with Gasteiger partial charge in [-0.1, -0.05) is 6.07 Å². The van der Waals surface area contributed by atoms with Gasteiger partial charge in [0, 0.05) is 38.2 Å². The summed E-state index contributed by atoms with van der Waals surface area (Å²) in [6, 6.07) is 6.62. The van der Waals surface area contributed by atoms with Crippen LogP contribution < -0.4 is 0 Å². The first kappa shape index (κ1) is 14.5. The molecule has 2 aliphatic heterocycles. The third-order valence-electron chi connectivity index (χ3n) is 4.12. The molecule has 2 heterocycles. The summed E-state index contributed by atoms with van der Waals surface area (Å²) >= 11 is 0. The Morgan fingerprint density at radius 3 is 3.05 bits per heavy atom. The third kappa shape index (κ3) is 3.08. The van der Waals surface area contributed by atoms with Crippen molar-refractivity contribution in [3.8, 4) is 6.07 Å². The van der Waals surface area contributed by atoms with Crippen molar-refractivity contribution in [2.75, 3.05) is 26.3 Å². The average molecular weight is 290 g/mol. The molecule has 21 heavy (non-hydrogen) atoms. The molecule has 5 heteroatoms. The van der Waals surface area contributed by atoms with Gasteiger partial charge >= 0.3 is 0 Å². The molecule has 0 radical (unpaired) electrons. The van der Waals surface area contributed by atoms with E-state index < -0.39 is 0 Å². The topological polar surface area (TPSA) is 45.5 Å². The third-order valence-corrected chi connectivity index (χ3v) is 4.12. The molecular weight excluding hydrogens is 271 g/mol. The van der Waals surface area contributed by atoms with Crippen LogP contribution in [0.4, 0.5) is 4.39 Å². The maximum atomic E-state index is 14.0. The Hall–Kier alpha value is -1.48. The number of rotatable bonds is 2. The maximum Gasteiger partial charge on any atom is 0.129 e. The van der Waals surface area contributed by atoms with Gasteiger partial charge in [-0.15, -0.1) is 0 Å². The summed E-state index contributed by atoms with van der Waals surface area (Å²) in [4.78, 5) is 2.22. The van der Waals surface area contributed by atoms with Crippen molar-refractivity contribution in [2.45, 2.75) is 31.6 Å². The van der Waals surface area contributed by atoms with Gasteiger partial charge in [-0.3, -0.25) is 4.90 Å². The smallest absolute Gasteiger partial charge is 0.129 e. The molecule has 0 N–H and O–H groups in total. The normalized spacial score (nSPS) is 29.7. The van der Waals surface area contributed by atoms with Crippen LogP contribution in [-0.2, 0) is 16.0 Å². The van der Waals surface area contributed by atoms with Crippen LogP contribution in [0.5, 0.6) is 0 Å². The lowest BCUT2D eigenvalue weighted by Crippen LogP contribution is -2.55. The highest BCUT2D eigenvalue weighted by atomic mass is 19.1. The highest BCUT2D eigenvalue weighted by Gasteiger charge is 2.42. The highest BCUT2D eigenvalue weighted by Crippen LogP contribution is 2.30. The molecule has 3 rings (SSSR count). The van der Waals surface area contributed by atoms with Crippen molar-refractivity contribution in [1.82, 2.24) is 4.90 Å². The highest BCUT2D eigenvalue weighted by molar-refractivity contribution is 5.32. The number of benzene rings is 1. The standard InChI is InChI=1S/C16H19FN2O2/c1-12-8-19(10-16(21-12)4-5-20-11-16)9-14-3-2-13(7-18)6-15(14)17/h2-3,6,12H,4-5,8-11H2,1H3/t12-,16+/m0/s1. The zero-order chi connectivity index (χ0) is 14.9. The second kappa shape index (κ2) is 5.72. The van der Waals surface area contributed by atoms with Crippen LogP contribution in [-0.4, -0.2) is 42.9 Å². The van der Waals surface area contributed by atoms with E-state index in [2.05, 4.69) is 4.90 Å². The molecule has 2 saturated heterocycles. The lowest BCUT2D eigenvalue weighted by atomic mass is 9.98. The lowest BCUT2D eigenvalue weighted by molar-refractivity contribution is -0.149. The summed E-state index contributed by atoms with van der Waals surface area (Å²) < 4.78 is 25.6. The predicted molar refractivity (Wildman–Crippen MR) is 75.1 cm³/mol. The molecule has 4 nitrogen and oxygen atoms in total. The maximum absolute atomic E-state index is 14.0. The van der Waals surface area contributed by atoms with E-state index in [1.54, 1.807) is 12.1 Å². The van der Waals surface area contributed by atoms with Crippen molar-refractivity contribution in [3.63, 3.8) is 0 Å². The molecule has 0 aromatic heterocycles. The second-order valence-electron chi connectivity index (χ2n) is 6.00. The van der Waals surface area contributed by atoms with Crippen LogP contribution in [0.25, 0.3) is 0 Å². The molecule has 1 spiro atoms. The lowest BCUT2D eigenvalue weighted by Gasteiger charge is -2.43. The van der Waals surface area contributed by atoms with Gasteiger partial charge in [-0.25, -0.2) is 4.39 Å². The Morgan fingerprint density at radius 1 is 1.52 bits per heavy atom. The van der Waals surface area contributed by atoms with Crippen LogP contribution in [0.3, 0.4) is 0 Å². The minimum atomic E-state index is -0.315. The van der Waals surface area contributed by atoms with E-state index in [4.69, 9.17) is 14.7 Å². The van der Waals surface area contributed by atoms with Crippen molar-refractivity contribution < 1.29 is 13.9 Å². The van der Waals surface area contributed by atoms with Crippen LogP contribution >= 0.6 is 0 Å². The monoisotopic (exact) mass is 290 g/mol. The number of nitriles is 1. The first-order valence-electron chi connectivity index (χ1n) is 7.27. The summed E-state index contributed by atoms with van der Waals surface area (Å²) in [5, 5.41) is 8.79. The van der Waals surface area contributed by atoms with E-state index in [0.717, 1.165) is 26.1 Å². The van der Waals surface area contributed by atoms with Gasteiger partial charge in [0.25, 0.3) is 0 Å². The van der Waals surface area contributed by atoms with Gasteiger partial charge in [0.2, 0.25) is 0 Å². The molecule has 2 atom stereocenters. The molecular formula is C16H19FN2O2. The largest absolute Gasteiger partial charge is 0.378 e. The zero-order valence-corrected chi connectivity index (χ0v) is 12.1. The summed E-state index contributed by atoms with van der Waals surface area (Å²) in [5.74, 6) is -0.315. The molecule has 0 saturated carbocycles. The van der Waals surface area contributed by atoms with E-state index in [0.29, 0.717) is 24.3 Å². The zero-order valence-electron chi connectivity index (χ0n) is 12.1. The Labute approximate surface area is 124 Å².